The van der Waals surface area contributed by atoms with Gasteiger partial charge in [0.25, 0.3) is 10.0 Å². The van der Waals surface area contributed by atoms with Gasteiger partial charge in [-0.2, -0.15) is 13.2 Å². The van der Waals surface area contributed by atoms with E-state index < -0.39 is 21.8 Å². The third kappa shape index (κ3) is 7.26. The SMILES string of the molecule is Cc1cc(C)cc(CSCC(=O)Nc2ccc(S(=O)(=O)Nc3cccc(C(F)(F)F)c3)cc2)c1. The molecule has 3 rings (SSSR count). The lowest BCUT2D eigenvalue weighted by Crippen LogP contribution is -2.15. The largest absolute Gasteiger partial charge is 0.416 e. The summed E-state index contributed by atoms with van der Waals surface area (Å²) in [6.45, 7) is 4.04. The van der Waals surface area contributed by atoms with E-state index >= 15 is 0 Å². The Kier molecular flexibility index (Phi) is 7.93. The molecule has 0 aliphatic rings. The van der Waals surface area contributed by atoms with E-state index in [0.717, 1.165) is 34.9 Å². The zero-order valence-corrected chi connectivity index (χ0v) is 20.1. The van der Waals surface area contributed by atoms with E-state index in [2.05, 4.69) is 28.2 Å². The van der Waals surface area contributed by atoms with Gasteiger partial charge in [0.05, 0.1) is 16.2 Å². The zero-order chi connectivity index (χ0) is 24.9. The summed E-state index contributed by atoms with van der Waals surface area (Å²) in [5.74, 6) is 0.686. The lowest BCUT2D eigenvalue weighted by atomic mass is 10.1. The summed E-state index contributed by atoms with van der Waals surface area (Å²) >= 11 is 1.46. The second-order valence-electron chi connectivity index (χ2n) is 7.75. The third-order valence-electron chi connectivity index (χ3n) is 4.67. The number of rotatable bonds is 8. The molecular weight excluding hydrogens is 485 g/mol. The zero-order valence-electron chi connectivity index (χ0n) is 18.4. The summed E-state index contributed by atoms with van der Waals surface area (Å²) in [7, 11) is -4.11. The summed E-state index contributed by atoms with van der Waals surface area (Å²) in [5.41, 5.74) is 2.72. The van der Waals surface area contributed by atoms with Crippen molar-refractivity contribution in [3.05, 3.63) is 89.0 Å². The molecule has 34 heavy (non-hydrogen) atoms. The molecule has 0 bridgehead atoms. The van der Waals surface area contributed by atoms with Crippen molar-refractivity contribution in [2.24, 2.45) is 0 Å². The average Bonchev–Trinajstić information content (AvgIpc) is 2.73. The van der Waals surface area contributed by atoms with Crippen LogP contribution in [0.1, 0.15) is 22.3 Å². The summed E-state index contributed by atoms with van der Waals surface area (Å²) in [4.78, 5) is 12.1. The van der Waals surface area contributed by atoms with Gasteiger partial charge in [0.2, 0.25) is 5.91 Å². The van der Waals surface area contributed by atoms with Crippen molar-refractivity contribution >= 4 is 39.1 Å². The Morgan fingerprint density at radius 2 is 1.56 bits per heavy atom. The fourth-order valence-corrected chi connectivity index (χ4v) is 5.11. The molecule has 3 aromatic carbocycles. The highest BCUT2D eigenvalue weighted by molar-refractivity contribution is 7.99. The van der Waals surface area contributed by atoms with Gasteiger partial charge in [0, 0.05) is 17.1 Å². The van der Waals surface area contributed by atoms with Crippen LogP contribution in [0.25, 0.3) is 0 Å². The molecule has 0 aliphatic carbocycles. The van der Waals surface area contributed by atoms with E-state index in [0.29, 0.717) is 11.4 Å². The number of carbonyl (C=O) groups is 1. The van der Waals surface area contributed by atoms with Gasteiger partial charge in [0.15, 0.2) is 0 Å². The lowest BCUT2D eigenvalue weighted by Gasteiger charge is -2.12. The van der Waals surface area contributed by atoms with Gasteiger partial charge in [-0.15, -0.1) is 11.8 Å². The fourth-order valence-electron chi connectivity index (χ4n) is 3.30. The molecule has 0 unspecified atom stereocenters. The molecule has 0 fully saturated rings. The maximum atomic E-state index is 12.9. The Bertz CT molecular complexity index is 1260. The number of hydrogen-bond donors (Lipinski definition) is 2. The number of aryl methyl sites for hydroxylation is 2. The van der Waals surface area contributed by atoms with Gasteiger partial charge >= 0.3 is 6.18 Å². The van der Waals surface area contributed by atoms with Gasteiger partial charge in [-0.25, -0.2) is 8.42 Å². The van der Waals surface area contributed by atoms with Crippen molar-refractivity contribution in [2.75, 3.05) is 15.8 Å². The van der Waals surface area contributed by atoms with Crippen LogP contribution in [0.4, 0.5) is 24.5 Å². The van der Waals surface area contributed by atoms with Crippen molar-refractivity contribution in [1.82, 2.24) is 0 Å². The molecule has 2 N–H and O–H groups in total. The maximum Gasteiger partial charge on any atom is 0.416 e. The predicted molar refractivity (Wildman–Crippen MR) is 129 cm³/mol. The summed E-state index contributed by atoms with van der Waals surface area (Å²) in [5, 5.41) is 2.70. The first-order valence-corrected chi connectivity index (χ1v) is 12.8. The van der Waals surface area contributed by atoms with Gasteiger partial charge in [-0.1, -0.05) is 35.4 Å². The molecule has 0 heterocycles. The Morgan fingerprint density at radius 3 is 2.18 bits per heavy atom. The number of sulfonamides is 1. The van der Waals surface area contributed by atoms with Crippen molar-refractivity contribution in [1.29, 1.82) is 0 Å². The van der Waals surface area contributed by atoms with Crippen molar-refractivity contribution < 1.29 is 26.4 Å². The van der Waals surface area contributed by atoms with Crippen LogP contribution in [0.2, 0.25) is 0 Å². The molecular formula is C24H23F3N2O3S2. The topological polar surface area (TPSA) is 75.3 Å². The van der Waals surface area contributed by atoms with Crippen molar-refractivity contribution in [3.8, 4) is 0 Å². The smallest absolute Gasteiger partial charge is 0.325 e. The van der Waals surface area contributed by atoms with Crippen LogP contribution in [0, 0.1) is 13.8 Å². The standard InChI is InChI=1S/C24H23F3N2O3S2/c1-16-10-17(2)12-18(11-16)14-33-15-23(30)28-20-6-8-22(9-7-20)34(31,32)29-21-5-3-4-19(13-21)24(25,26)27/h3-13,29H,14-15H2,1-2H3,(H,28,30). The first kappa shape index (κ1) is 25.6. The molecule has 0 spiro atoms. The first-order chi connectivity index (χ1) is 15.9. The normalized spacial score (nSPS) is 11.8. The molecule has 0 aliphatic heterocycles. The monoisotopic (exact) mass is 508 g/mol. The van der Waals surface area contributed by atoms with E-state index in [-0.39, 0.29) is 22.2 Å². The molecule has 5 nitrogen and oxygen atoms in total. The van der Waals surface area contributed by atoms with Crippen LogP contribution in [-0.4, -0.2) is 20.1 Å². The predicted octanol–water partition coefficient (Wildman–Crippen LogP) is 5.99. The number of thioether (sulfide) groups is 1. The number of amides is 1. The molecule has 3 aromatic rings. The van der Waals surface area contributed by atoms with E-state index in [1.54, 1.807) is 0 Å². The van der Waals surface area contributed by atoms with Crippen LogP contribution in [0.5, 0.6) is 0 Å². The fraction of sp³-hybridized carbons (Fsp3) is 0.208. The molecule has 0 atom stereocenters. The quantitative estimate of drug-likeness (QED) is 0.392. The first-order valence-electron chi connectivity index (χ1n) is 10.2. The summed E-state index contributed by atoms with van der Waals surface area (Å²) < 4.78 is 65.8. The van der Waals surface area contributed by atoms with Gasteiger partial charge < -0.3 is 5.32 Å². The van der Waals surface area contributed by atoms with Crippen molar-refractivity contribution in [3.63, 3.8) is 0 Å². The Morgan fingerprint density at radius 1 is 0.912 bits per heavy atom. The second-order valence-corrected chi connectivity index (χ2v) is 10.4. The van der Waals surface area contributed by atoms with Crippen LogP contribution in [-0.2, 0) is 26.7 Å². The molecule has 1 amide bonds. The molecule has 180 valence electrons. The number of carbonyl (C=O) groups excluding carboxylic acids is 1. The Labute approximate surface area is 200 Å². The van der Waals surface area contributed by atoms with Crippen LogP contribution in [0.3, 0.4) is 0 Å². The highest BCUT2D eigenvalue weighted by atomic mass is 32.2. The van der Waals surface area contributed by atoms with E-state index in [1.807, 2.05) is 13.8 Å². The maximum absolute atomic E-state index is 12.9. The number of halogens is 3. The van der Waals surface area contributed by atoms with Gasteiger partial charge in [-0.05, 0) is 61.9 Å². The number of alkyl halides is 3. The van der Waals surface area contributed by atoms with Gasteiger partial charge in [-0.3, -0.25) is 9.52 Å². The highest BCUT2D eigenvalue weighted by Crippen LogP contribution is 2.31. The Hall–Kier alpha value is -2.98. The molecule has 0 aromatic heterocycles. The third-order valence-corrected chi connectivity index (χ3v) is 7.07. The Balaban J connectivity index is 1.57. The number of anilines is 2. The summed E-state index contributed by atoms with van der Waals surface area (Å²) in [6.07, 6.45) is -4.58. The average molecular weight is 509 g/mol. The van der Waals surface area contributed by atoms with E-state index in [9.17, 15) is 26.4 Å². The van der Waals surface area contributed by atoms with E-state index in [4.69, 9.17) is 0 Å². The van der Waals surface area contributed by atoms with Gasteiger partial charge in [0.1, 0.15) is 0 Å². The number of hydrogen-bond acceptors (Lipinski definition) is 4. The van der Waals surface area contributed by atoms with Crippen LogP contribution in [0.15, 0.2) is 71.6 Å². The van der Waals surface area contributed by atoms with E-state index in [1.165, 1.54) is 42.1 Å². The molecule has 0 radical (unpaired) electrons. The number of benzene rings is 3. The lowest BCUT2D eigenvalue weighted by molar-refractivity contribution is -0.137. The highest BCUT2D eigenvalue weighted by Gasteiger charge is 2.30. The summed E-state index contributed by atoms with van der Waals surface area (Å²) in [6, 6.07) is 15.6. The minimum Gasteiger partial charge on any atom is -0.325 e. The molecule has 10 heteroatoms. The van der Waals surface area contributed by atoms with Crippen molar-refractivity contribution in [2.45, 2.75) is 30.7 Å². The molecule has 0 saturated carbocycles. The molecule has 0 saturated heterocycles. The van der Waals surface area contributed by atoms with Crippen LogP contribution < -0.4 is 10.0 Å². The number of nitrogens with one attached hydrogen (secondary N) is 2. The minimum atomic E-state index is -4.58. The minimum absolute atomic E-state index is 0.146. The van der Waals surface area contributed by atoms with Crippen LogP contribution >= 0.6 is 11.8 Å². The second kappa shape index (κ2) is 10.5.